The van der Waals surface area contributed by atoms with Crippen LogP contribution in [-0.4, -0.2) is 37.8 Å². The molecule has 1 atom stereocenters. The van der Waals surface area contributed by atoms with Gasteiger partial charge < -0.3 is 15.2 Å². The van der Waals surface area contributed by atoms with Gasteiger partial charge >= 0.3 is 0 Å². The Bertz CT molecular complexity index is 1320. The first-order valence-electron chi connectivity index (χ1n) is 15.1. The number of rotatable bonds is 9. The van der Waals surface area contributed by atoms with Gasteiger partial charge in [-0.3, -0.25) is 14.3 Å². The number of pyridine rings is 1. The first-order valence-corrected chi connectivity index (χ1v) is 15.1. The summed E-state index contributed by atoms with van der Waals surface area (Å²) >= 11 is 0. The predicted octanol–water partition coefficient (Wildman–Crippen LogP) is 6.22. The molecule has 10 heteroatoms. The molecule has 2 aliphatic rings. The third-order valence-corrected chi connectivity index (χ3v) is 8.99. The molecule has 3 aromatic rings. The fourth-order valence-corrected chi connectivity index (χ4v) is 7.06. The number of hydrogen-bond acceptors (Lipinski definition) is 6. The van der Waals surface area contributed by atoms with E-state index < -0.39 is 12.0 Å². The van der Waals surface area contributed by atoms with Gasteiger partial charge in [0.15, 0.2) is 0 Å². The monoisotopic (exact) mass is 564 g/mol. The number of nitrogens with zero attached hydrogens (tertiary/aromatic N) is 4. The van der Waals surface area contributed by atoms with Crippen molar-refractivity contribution < 1.29 is 18.5 Å². The Morgan fingerprint density at radius 2 is 1.68 bits per heavy atom. The average molecular weight is 565 g/mol. The predicted molar refractivity (Wildman–Crippen MR) is 154 cm³/mol. The highest BCUT2D eigenvalue weighted by atomic mass is 19.1. The maximum atomic E-state index is 15.2. The highest BCUT2D eigenvalue weighted by Crippen LogP contribution is 2.42. The third-order valence-electron chi connectivity index (χ3n) is 8.99. The van der Waals surface area contributed by atoms with Crippen LogP contribution in [0.25, 0.3) is 11.1 Å². The van der Waals surface area contributed by atoms with Gasteiger partial charge in [0, 0.05) is 18.3 Å². The highest BCUT2D eigenvalue weighted by Gasteiger charge is 2.41. The molecule has 0 saturated heterocycles. The standard InChI is InChI=1S/C31H41FN6O3/c1-4-38-24(17-18-33-38)30(39)36-28(27(21-11-7-5-8-12-21)22-13-9-6-10-14-22)31(40)35-25-16-15-23(29(32)34-25)26-19(2)37-41-20(26)3/h15-18,21-22,27-28H,4-14H2,1-3H3,(H,36,39)(H,34,35,40)/t28-/m1/s1. The Morgan fingerprint density at radius 3 is 2.24 bits per heavy atom. The quantitative estimate of drug-likeness (QED) is 0.298. The van der Waals surface area contributed by atoms with Gasteiger partial charge in [-0.15, -0.1) is 0 Å². The smallest absolute Gasteiger partial charge is 0.270 e. The third kappa shape index (κ3) is 6.36. The Balaban J connectivity index is 1.46. The number of nitrogens with one attached hydrogen (secondary N) is 2. The lowest BCUT2D eigenvalue weighted by Gasteiger charge is -2.41. The molecular formula is C31H41FN6O3. The number of hydrogen-bond donors (Lipinski definition) is 2. The normalized spacial score (nSPS) is 17.5. The zero-order valence-corrected chi connectivity index (χ0v) is 24.3. The van der Waals surface area contributed by atoms with Crippen LogP contribution in [0.1, 0.15) is 93.1 Å². The van der Waals surface area contributed by atoms with E-state index in [4.69, 9.17) is 4.52 Å². The molecular weight excluding hydrogens is 523 g/mol. The van der Waals surface area contributed by atoms with Crippen LogP contribution in [0, 0.1) is 37.5 Å². The molecule has 2 N–H and O–H groups in total. The topological polar surface area (TPSA) is 115 Å². The molecule has 0 aliphatic heterocycles. The number of aryl methyl sites for hydroxylation is 3. The maximum Gasteiger partial charge on any atom is 0.270 e. The Kier molecular flexibility index (Phi) is 9.15. The SMILES string of the molecule is CCn1nccc1C(=O)N[C@@H](C(=O)Nc1ccc(-c2c(C)noc2C)c(F)n1)C(C1CCCCC1)C1CCCCC1. The number of anilines is 1. The van der Waals surface area contributed by atoms with Crippen LogP contribution in [0.3, 0.4) is 0 Å². The summed E-state index contributed by atoms with van der Waals surface area (Å²) < 4.78 is 22.1. The molecule has 0 aromatic carbocycles. The van der Waals surface area contributed by atoms with Gasteiger partial charge in [0.05, 0.1) is 11.3 Å². The van der Waals surface area contributed by atoms with Crippen LogP contribution in [0.5, 0.6) is 0 Å². The summed E-state index contributed by atoms with van der Waals surface area (Å²) in [6.07, 6.45) is 12.7. The Labute approximate surface area is 240 Å². The first-order chi connectivity index (χ1) is 19.9. The molecule has 2 amide bonds. The molecule has 9 nitrogen and oxygen atoms in total. The summed E-state index contributed by atoms with van der Waals surface area (Å²) in [4.78, 5) is 31.8. The van der Waals surface area contributed by atoms with Crippen LogP contribution in [0.15, 0.2) is 28.9 Å². The lowest BCUT2D eigenvalue weighted by molar-refractivity contribution is -0.121. The summed E-state index contributed by atoms with van der Waals surface area (Å²) in [5, 5.41) is 14.1. The van der Waals surface area contributed by atoms with Crippen molar-refractivity contribution in [2.45, 2.75) is 97.6 Å². The van der Waals surface area contributed by atoms with Gasteiger partial charge in [-0.2, -0.15) is 9.49 Å². The molecule has 3 heterocycles. The van der Waals surface area contributed by atoms with E-state index in [0.29, 0.717) is 41.1 Å². The Hall–Kier alpha value is -3.56. The maximum absolute atomic E-state index is 15.2. The lowest BCUT2D eigenvalue weighted by Crippen LogP contribution is -2.53. The van der Waals surface area contributed by atoms with Crippen molar-refractivity contribution in [1.29, 1.82) is 0 Å². The molecule has 41 heavy (non-hydrogen) atoms. The van der Waals surface area contributed by atoms with Crippen LogP contribution in [0.4, 0.5) is 10.2 Å². The second kappa shape index (κ2) is 13.0. The van der Waals surface area contributed by atoms with Crippen LogP contribution >= 0.6 is 0 Å². The molecule has 2 aliphatic carbocycles. The molecule has 0 radical (unpaired) electrons. The van der Waals surface area contributed by atoms with Gasteiger partial charge in [-0.05, 0) is 56.7 Å². The second-order valence-electron chi connectivity index (χ2n) is 11.6. The minimum atomic E-state index is -0.777. The zero-order valence-electron chi connectivity index (χ0n) is 24.3. The molecule has 2 saturated carbocycles. The van der Waals surface area contributed by atoms with E-state index in [0.717, 1.165) is 51.4 Å². The van der Waals surface area contributed by atoms with Gasteiger partial charge in [-0.1, -0.05) is 69.4 Å². The average Bonchev–Trinajstić information content (AvgIpc) is 3.60. The van der Waals surface area contributed by atoms with E-state index in [2.05, 4.69) is 25.9 Å². The summed E-state index contributed by atoms with van der Waals surface area (Å²) in [6, 6.07) is 4.07. The van der Waals surface area contributed by atoms with Crippen molar-refractivity contribution in [1.82, 2.24) is 25.2 Å². The minimum absolute atomic E-state index is 0.0102. The van der Waals surface area contributed by atoms with Gasteiger partial charge in [-0.25, -0.2) is 4.98 Å². The van der Waals surface area contributed by atoms with Gasteiger partial charge in [0.1, 0.15) is 23.3 Å². The molecule has 0 unspecified atom stereocenters. The first kappa shape index (κ1) is 29.0. The fraction of sp³-hybridized carbons (Fsp3) is 0.581. The van der Waals surface area contributed by atoms with E-state index in [1.165, 1.54) is 12.8 Å². The molecule has 220 valence electrons. The van der Waals surface area contributed by atoms with Crippen LogP contribution in [-0.2, 0) is 11.3 Å². The largest absolute Gasteiger partial charge is 0.361 e. The van der Waals surface area contributed by atoms with Crippen LogP contribution in [0.2, 0.25) is 0 Å². The highest BCUT2D eigenvalue weighted by molar-refractivity contribution is 6.00. The number of halogens is 1. The van der Waals surface area contributed by atoms with E-state index in [-0.39, 0.29) is 29.1 Å². The lowest BCUT2D eigenvalue weighted by atomic mass is 9.66. The fourth-order valence-electron chi connectivity index (χ4n) is 7.06. The van der Waals surface area contributed by atoms with Crippen molar-refractivity contribution >= 4 is 17.6 Å². The zero-order chi connectivity index (χ0) is 28.9. The van der Waals surface area contributed by atoms with Gasteiger partial charge in [0.25, 0.3) is 5.91 Å². The van der Waals surface area contributed by atoms with Crippen molar-refractivity contribution in [3.8, 4) is 11.1 Å². The second-order valence-corrected chi connectivity index (χ2v) is 11.6. The van der Waals surface area contributed by atoms with Crippen LogP contribution < -0.4 is 10.6 Å². The minimum Gasteiger partial charge on any atom is -0.361 e. The summed E-state index contributed by atoms with van der Waals surface area (Å²) in [5.41, 5.74) is 1.81. The molecule has 0 bridgehead atoms. The van der Waals surface area contributed by atoms with Gasteiger partial charge in [0.2, 0.25) is 11.9 Å². The van der Waals surface area contributed by atoms with E-state index in [9.17, 15) is 9.59 Å². The summed E-state index contributed by atoms with van der Waals surface area (Å²) in [6.45, 7) is 5.93. The molecule has 3 aromatic heterocycles. The van der Waals surface area contributed by atoms with E-state index in [1.54, 1.807) is 42.9 Å². The van der Waals surface area contributed by atoms with Crippen molar-refractivity contribution in [2.75, 3.05) is 5.32 Å². The molecule has 2 fully saturated rings. The van der Waals surface area contributed by atoms with Crippen molar-refractivity contribution in [3.63, 3.8) is 0 Å². The van der Waals surface area contributed by atoms with Crippen molar-refractivity contribution in [3.05, 3.63) is 47.5 Å². The number of amides is 2. The summed E-state index contributed by atoms with van der Waals surface area (Å²) in [5.74, 6) is -0.141. The summed E-state index contributed by atoms with van der Waals surface area (Å²) in [7, 11) is 0. The van der Waals surface area contributed by atoms with E-state index >= 15 is 4.39 Å². The number of carbonyl (C=O) groups excluding carboxylic acids is 2. The Morgan fingerprint density at radius 1 is 1.02 bits per heavy atom. The molecule has 0 spiro atoms. The number of carbonyl (C=O) groups is 2. The number of aromatic nitrogens is 4. The molecule has 5 rings (SSSR count). The van der Waals surface area contributed by atoms with E-state index in [1.807, 2.05) is 6.92 Å². The van der Waals surface area contributed by atoms with Crippen molar-refractivity contribution in [2.24, 2.45) is 17.8 Å².